The largest absolute Gasteiger partial charge is 0.461 e. The zero-order valence-electron chi connectivity index (χ0n) is 24.4. The minimum absolute atomic E-state index is 0.00951. The number of carbonyl (C=O) groups excluding carboxylic acids is 1. The van der Waals surface area contributed by atoms with Gasteiger partial charge in [0.05, 0.1) is 29.5 Å². The molecule has 7 rings (SSSR count). The minimum Gasteiger partial charge on any atom is -0.461 e. The average Bonchev–Trinajstić information content (AvgIpc) is 3.74. The van der Waals surface area contributed by atoms with Gasteiger partial charge in [-0.1, -0.05) is 18.7 Å². The first-order valence-corrected chi connectivity index (χ1v) is 15.8. The summed E-state index contributed by atoms with van der Waals surface area (Å²) >= 11 is 1.55. The summed E-state index contributed by atoms with van der Waals surface area (Å²) in [6, 6.07) is 8.91. The number of ether oxygens (including phenoxy) is 1. The van der Waals surface area contributed by atoms with Gasteiger partial charge in [0, 0.05) is 54.4 Å². The number of thiophene rings is 1. The van der Waals surface area contributed by atoms with E-state index in [2.05, 4.69) is 27.5 Å². The van der Waals surface area contributed by atoms with Crippen LogP contribution in [0.4, 0.5) is 19.0 Å². The molecule has 1 amide bonds. The Morgan fingerprint density at radius 3 is 2.89 bits per heavy atom. The molecular weight excluding hydrogens is 603 g/mol. The van der Waals surface area contributed by atoms with E-state index in [1.807, 2.05) is 34.5 Å². The highest BCUT2D eigenvalue weighted by molar-refractivity contribution is 7.17. The summed E-state index contributed by atoms with van der Waals surface area (Å²) in [6.07, 6.45) is 2.61. The van der Waals surface area contributed by atoms with Crippen LogP contribution in [0.1, 0.15) is 25.7 Å². The highest BCUT2D eigenvalue weighted by atomic mass is 32.1. The van der Waals surface area contributed by atoms with E-state index in [4.69, 9.17) is 9.72 Å². The Kier molecular flexibility index (Phi) is 7.57. The predicted molar refractivity (Wildman–Crippen MR) is 165 cm³/mol. The lowest BCUT2D eigenvalue weighted by Crippen LogP contribution is -2.55. The number of piperazine rings is 1. The molecule has 3 fully saturated rings. The number of amides is 1. The van der Waals surface area contributed by atoms with Crippen LogP contribution in [0, 0.1) is 17.1 Å². The third-order valence-electron chi connectivity index (χ3n) is 9.23. The number of alkyl halides is 1. The van der Waals surface area contributed by atoms with Gasteiger partial charge in [-0.05, 0) is 36.9 Å². The van der Waals surface area contributed by atoms with Crippen LogP contribution in [0.25, 0.3) is 32.2 Å². The number of nitriles is 1. The second-order valence-corrected chi connectivity index (χ2v) is 12.8. The number of carbonyl (C=O) groups is 1. The van der Waals surface area contributed by atoms with E-state index in [1.54, 1.807) is 11.3 Å². The molecule has 0 aliphatic carbocycles. The van der Waals surface area contributed by atoms with Gasteiger partial charge >= 0.3 is 6.01 Å². The van der Waals surface area contributed by atoms with E-state index in [1.165, 1.54) is 11.1 Å². The molecule has 1 unspecified atom stereocenters. The first-order valence-electron chi connectivity index (χ1n) is 14.9. The fraction of sp³-hybridized carbons (Fsp3) is 0.406. The molecule has 0 N–H and O–H groups in total. The SMILES string of the molecule is C=C(F)C(=O)N1CCN(c2nc(OCC34CCCN3C[C@H](F)C4)nc3c(F)c(-c4cccc5sccc45)ncc23)C[C@@H]1CC#N. The van der Waals surface area contributed by atoms with Crippen molar-refractivity contribution >= 4 is 44.1 Å². The first kappa shape index (κ1) is 29.4. The monoisotopic (exact) mass is 633 g/mol. The van der Waals surface area contributed by atoms with E-state index in [-0.39, 0.29) is 49.9 Å². The zero-order chi connectivity index (χ0) is 31.3. The zero-order valence-corrected chi connectivity index (χ0v) is 25.2. The molecule has 45 heavy (non-hydrogen) atoms. The molecule has 0 saturated carbocycles. The smallest absolute Gasteiger partial charge is 0.319 e. The van der Waals surface area contributed by atoms with Crippen molar-refractivity contribution < 1.29 is 22.7 Å². The molecule has 6 heterocycles. The standard InChI is InChI=1S/C32H30F3N7O2S/c1-19(33)30(43)42-12-11-40(17-21(42)6-9-36)29-24-15-37-27(23-4-2-5-25-22(23)7-13-45-25)26(35)28(24)38-31(39-29)44-18-32-8-3-10-41(32)16-20(34)14-32/h2,4-5,7,13,15,20-21H,1,3,6,8,10-12,14,16-18H2/t20-,21+,32?/m1/s1. The van der Waals surface area contributed by atoms with Crippen LogP contribution in [0.15, 0.2) is 48.2 Å². The van der Waals surface area contributed by atoms with Crippen molar-refractivity contribution in [3.05, 3.63) is 54.1 Å². The van der Waals surface area contributed by atoms with Crippen LogP contribution in [0.2, 0.25) is 0 Å². The maximum atomic E-state index is 16.5. The summed E-state index contributed by atoms with van der Waals surface area (Å²) in [4.78, 5) is 31.5. The second-order valence-electron chi connectivity index (χ2n) is 11.9. The lowest BCUT2D eigenvalue weighted by atomic mass is 9.95. The van der Waals surface area contributed by atoms with Crippen LogP contribution in [0.3, 0.4) is 0 Å². The maximum Gasteiger partial charge on any atom is 0.319 e. The van der Waals surface area contributed by atoms with Gasteiger partial charge < -0.3 is 14.5 Å². The van der Waals surface area contributed by atoms with E-state index in [9.17, 15) is 18.8 Å². The Hall–Kier alpha value is -4.28. The molecule has 3 aromatic heterocycles. The molecule has 3 saturated heterocycles. The van der Waals surface area contributed by atoms with E-state index >= 15 is 4.39 Å². The van der Waals surface area contributed by atoms with Gasteiger partial charge in [0.2, 0.25) is 0 Å². The van der Waals surface area contributed by atoms with Crippen LogP contribution in [-0.2, 0) is 4.79 Å². The Labute approximate surface area is 261 Å². The predicted octanol–water partition coefficient (Wildman–Crippen LogP) is 5.41. The van der Waals surface area contributed by atoms with Crippen molar-refractivity contribution in [1.82, 2.24) is 24.8 Å². The molecule has 0 radical (unpaired) electrons. The second kappa shape index (κ2) is 11.6. The molecule has 4 aromatic rings. The van der Waals surface area contributed by atoms with Crippen LogP contribution >= 0.6 is 11.3 Å². The van der Waals surface area contributed by atoms with Gasteiger partial charge in [0.15, 0.2) is 11.6 Å². The first-order chi connectivity index (χ1) is 21.8. The Balaban J connectivity index is 1.30. The number of rotatable bonds is 7. The lowest BCUT2D eigenvalue weighted by molar-refractivity contribution is -0.131. The van der Waals surface area contributed by atoms with Crippen molar-refractivity contribution in [2.75, 3.05) is 44.2 Å². The maximum absolute atomic E-state index is 16.5. The van der Waals surface area contributed by atoms with Gasteiger partial charge in [-0.3, -0.25) is 14.7 Å². The van der Waals surface area contributed by atoms with Crippen LogP contribution in [0.5, 0.6) is 6.01 Å². The van der Waals surface area contributed by atoms with Gasteiger partial charge in [0.1, 0.15) is 29.8 Å². The number of hydrogen-bond donors (Lipinski definition) is 0. The van der Waals surface area contributed by atoms with Gasteiger partial charge in [-0.25, -0.2) is 13.2 Å². The number of halogens is 3. The number of hydrogen-bond acceptors (Lipinski definition) is 9. The number of pyridine rings is 1. The molecule has 3 atom stereocenters. The molecule has 0 spiro atoms. The van der Waals surface area contributed by atoms with E-state index in [0.717, 1.165) is 29.5 Å². The van der Waals surface area contributed by atoms with Crippen molar-refractivity contribution in [1.29, 1.82) is 5.26 Å². The summed E-state index contributed by atoms with van der Waals surface area (Å²) in [5.74, 6) is -2.28. The van der Waals surface area contributed by atoms with Crippen LogP contribution < -0.4 is 9.64 Å². The summed E-state index contributed by atoms with van der Waals surface area (Å²) < 4.78 is 52.0. The van der Waals surface area contributed by atoms with Gasteiger partial charge in [-0.2, -0.15) is 15.2 Å². The molecule has 1 aromatic carbocycles. The molecule has 3 aliphatic rings. The molecular formula is C32H30F3N7O2S. The fourth-order valence-electron chi connectivity index (χ4n) is 7.11. The molecule has 232 valence electrons. The third kappa shape index (κ3) is 5.15. The van der Waals surface area contributed by atoms with Crippen molar-refractivity contribution in [2.24, 2.45) is 0 Å². The fourth-order valence-corrected chi connectivity index (χ4v) is 7.93. The summed E-state index contributed by atoms with van der Waals surface area (Å²) in [5, 5.41) is 12.6. The summed E-state index contributed by atoms with van der Waals surface area (Å²) in [6.45, 7) is 4.89. The van der Waals surface area contributed by atoms with Crippen molar-refractivity contribution in [3.63, 3.8) is 0 Å². The lowest BCUT2D eigenvalue weighted by Gasteiger charge is -2.41. The highest BCUT2D eigenvalue weighted by Crippen LogP contribution is 2.41. The highest BCUT2D eigenvalue weighted by Gasteiger charge is 2.49. The number of nitrogens with zero attached hydrogens (tertiary/aromatic N) is 7. The Bertz CT molecular complexity index is 1860. The average molecular weight is 634 g/mol. The van der Waals surface area contributed by atoms with Gasteiger partial charge in [-0.15, -0.1) is 11.3 Å². The number of aromatic nitrogens is 3. The van der Waals surface area contributed by atoms with E-state index in [0.29, 0.717) is 29.7 Å². The molecule has 9 nitrogen and oxygen atoms in total. The van der Waals surface area contributed by atoms with Gasteiger partial charge in [0.25, 0.3) is 5.91 Å². The topological polar surface area (TPSA) is 98.5 Å². The number of benzene rings is 1. The summed E-state index contributed by atoms with van der Waals surface area (Å²) in [7, 11) is 0. The molecule has 13 heteroatoms. The Morgan fingerprint density at radius 1 is 1.20 bits per heavy atom. The number of anilines is 1. The van der Waals surface area contributed by atoms with Crippen molar-refractivity contribution in [2.45, 2.75) is 43.4 Å². The van der Waals surface area contributed by atoms with Crippen molar-refractivity contribution in [3.8, 4) is 23.3 Å². The third-order valence-corrected chi connectivity index (χ3v) is 10.1. The molecule has 3 aliphatic heterocycles. The van der Waals surface area contributed by atoms with E-state index < -0.39 is 35.3 Å². The number of fused-ring (bicyclic) bond motifs is 3. The minimum atomic E-state index is -1.10. The quantitative estimate of drug-likeness (QED) is 0.249. The van der Waals surface area contributed by atoms with Crippen LogP contribution in [-0.4, -0.2) is 87.7 Å². The normalized spacial score (nSPS) is 23.4. The summed E-state index contributed by atoms with van der Waals surface area (Å²) in [5.41, 5.74) is 0.310. The Morgan fingerprint density at radius 2 is 2.07 bits per heavy atom. The molecule has 0 bridgehead atoms.